The topological polar surface area (TPSA) is 0 Å². The molecule has 0 fully saturated rings. The molecule has 0 nitrogen and oxygen atoms in total. The largest absolute Gasteiger partial charge is 0.0714 e. The summed E-state index contributed by atoms with van der Waals surface area (Å²) in [4.78, 5) is 0. The molecule has 0 atom stereocenters. The van der Waals surface area contributed by atoms with Gasteiger partial charge in [-0.2, -0.15) is 0 Å². The minimum absolute atomic E-state index is 0.574. The molecule has 0 amide bonds. The van der Waals surface area contributed by atoms with E-state index >= 15 is 0 Å². The standard InChI is InChI=1S/C49H34/c1-5-17-35(18-6-1)39-29-40(36-19-7-2-8-20-36)32-43(31-39)49(47-27-15-13-25-45(47)46-26-14-16-28-48(46)49)44-33-41(37-21-9-3-10-22-37)30-42(34-44)38-23-11-4-12-24-38/h1-34H. The van der Waals surface area contributed by atoms with Crippen LogP contribution in [-0.2, 0) is 5.41 Å². The molecule has 9 rings (SSSR count). The van der Waals surface area contributed by atoms with Gasteiger partial charge in [-0.3, -0.25) is 0 Å². The van der Waals surface area contributed by atoms with Crippen molar-refractivity contribution in [2.24, 2.45) is 0 Å². The summed E-state index contributed by atoms with van der Waals surface area (Å²) in [6, 6.07) is 75.8. The summed E-state index contributed by atoms with van der Waals surface area (Å²) in [6.07, 6.45) is 0. The lowest BCUT2D eigenvalue weighted by atomic mass is 9.66. The third-order valence-electron chi connectivity index (χ3n) is 10.1. The van der Waals surface area contributed by atoms with Crippen LogP contribution in [0.1, 0.15) is 22.3 Å². The Bertz CT molecular complexity index is 2120. The zero-order valence-corrected chi connectivity index (χ0v) is 27.1. The van der Waals surface area contributed by atoms with Crippen molar-refractivity contribution in [2.75, 3.05) is 0 Å². The fourth-order valence-electron chi connectivity index (χ4n) is 7.90. The highest BCUT2D eigenvalue weighted by Gasteiger charge is 2.46. The summed E-state index contributed by atoms with van der Waals surface area (Å²) < 4.78 is 0. The highest BCUT2D eigenvalue weighted by atomic mass is 14.5. The Kier molecular flexibility index (Phi) is 7.14. The van der Waals surface area contributed by atoms with Gasteiger partial charge in [-0.05, 0) is 114 Å². The molecule has 0 saturated carbocycles. The monoisotopic (exact) mass is 622 g/mol. The minimum Gasteiger partial charge on any atom is -0.0622 e. The molecule has 8 aromatic carbocycles. The second-order valence-corrected chi connectivity index (χ2v) is 12.9. The van der Waals surface area contributed by atoms with Gasteiger partial charge < -0.3 is 0 Å². The van der Waals surface area contributed by atoms with Gasteiger partial charge in [-0.15, -0.1) is 0 Å². The van der Waals surface area contributed by atoms with Gasteiger partial charge in [0, 0.05) is 0 Å². The van der Waals surface area contributed by atoms with Crippen LogP contribution >= 0.6 is 0 Å². The van der Waals surface area contributed by atoms with E-state index in [1.165, 1.54) is 77.9 Å². The normalized spacial score (nSPS) is 12.7. The zero-order valence-electron chi connectivity index (χ0n) is 27.1. The van der Waals surface area contributed by atoms with E-state index in [4.69, 9.17) is 0 Å². The molecule has 0 N–H and O–H groups in total. The van der Waals surface area contributed by atoms with Crippen molar-refractivity contribution >= 4 is 0 Å². The molecule has 0 heteroatoms. The van der Waals surface area contributed by atoms with Crippen LogP contribution in [0.3, 0.4) is 0 Å². The SMILES string of the molecule is c1ccc(-c2cc(-c3ccccc3)cc(C3(c4cc(-c5ccccc5)cc(-c5ccccc5)c4)c4ccccc4-c4ccccc43)c2)cc1. The number of hydrogen-bond acceptors (Lipinski definition) is 0. The Labute approximate surface area is 288 Å². The number of rotatable bonds is 6. The van der Waals surface area contributed by atoms with E-state index in [1.807, 2.05) is 0 Å². The molecule has 0 heterocycles. The quantitative estimate of drug-likeness (QED) is 0.173. The molecule has 0 aromatic heterocycles. The van der Waals surface area contributed by atoms with E-state index in [2.05, 4.69) is 206 Å². The van der Waals surface area contributed by atoms with Crippen molar-refractivity contribution in [3.05, 3.63) is 229 Å². The lowest BCUT2D eigenvalue weighted by molar-refractivity contribution is 0.770. The third kappa shape index (κ3) is 4.93. The molecule has 0 aliphatic heterocycles. The van der Waals surface area contributed by atoms with Gasteiger partial charge in [0.15, 0.2) is 0 Å². The van der Waals surface area contributed by atoms with E-state index in [0.29, 0.717) is 0 Å². The van der Waals surface area contributed by atoms with Crippen molar-refractivity contribution in [1.29, 1.82) is 0 Å². The summed E-state index contributed by atoms with van der Waals surface area (Å²) >= 11 is 0. The first-order valence-electron chi connectivity index (χ1n) is 17.0. The molecule has 230 valence electrons. The second-order valence-electron chi connectivity index (χ2n) is 12.9. The van der Waals surface area contributed by atoms with Crippen LogP contribution in [0, 0.1) is 0 Å². The molecule has 1 aliphatic carbocycles. The van der Waals surface area contributed by atoms with Crippen molar-refractivity contribution in [2.45, 2.75) is 5.41 Å². The highest BCUT2D eigenvalue weighted by Crippen LogP contribution is 2.57. The van der Waals surface area contributed by atoms with Gasteiger partial charge in [0.25, 0.3) is 0 Å². The van der Waals surface area contributed by atoms with Gasteiger partial charge in [-0.1, -0.05) is 170 Å². The zero-order chi connectivity index (χ0) is 32.6. The van der Waals surface area contributed by atoms with Crippen LogP contribution in [0.15, 0.2) is 206 Å². The average Bonchev–Trinajstić information content (AvgIpc) is 3.50. The van der Waals surface area contributed by atoms with Gasteiger partial charge in [0.1, 0.15) is 0 Å². The Morgan fingerprint density at radius 2 is 0.490 bits per heavy atom. The van der Waals surface area contributed by atoms with Crippen LogP contribution in [0.4, 0.5) is 0 Å². The fourth-order valence-corrected chi connectivity index (χ4v) is 7.90. The molecular weight excluding hydrogens is 589 g/mol. The molecule has 1 aliphatic rings. The van der Waals surface area contributed by atoms with Crippen molar-refractivity contribution in [3.63, 3.8) is 0 Å². The third-order valence-corrected chi connectivity index (χ3v) is 10.1. The van der Waals surface area contributed by atoms with Crippen molar-refractivity contribution in [3.8, 4) is 55.6 Å². The van der Waals surface area contributed by atoms with E-state index in [9.17, 15) is 0 Å². The Balaban J connectivity index is 1.43. The molecule has 8 aromatic rings. The van der Waals surface area contributed by atoms with Crippen LogP contribution in [0.5, 0.6) is 0 Å². The fraction of sp³-hybridized carbons (Fsp3) is 0.0204. The van der Waals surface area contributed by atoms with Gasteiger partial charge in [0.2, 0.25) is 0 Å². The van der Waals surface area contributed by atoms with Crippen LogP contribution in [-0.4, -0.2) is 0 Å². The lowest BCUT2D eigenvalue weighted by Gasteiger charge is -2.35. The van der Waals surface area contributed by atoms with E-state index in [0.717, 1.165) is 0 Å². The molecule has 0 bridgehead atoms. The summed E-state index contributed by atoms with van der Waals surface area (Å²) in [5.74, 6) is 0. The first-order valence-corrected chi connectivity index (χ1v) is 17.0. The average molecular weight is 623 g/mol. The minimum atomic E-state index is -0.574. The molecule has 0 spiro atoms. The smallest absolute Gasteiger partial charge is 0.0622 e. The molecule has 0 unspecified atom stereocenters. The number of hydrogen-bond donors (Lipinski definition) is 0. The summed E-state index contributed by atoms with van der Waals surface area (Å²) in [7, 11) is 0. The predicted octanol–water partition coefficient (Wildman–Crippen LogP) is 12.7. The number of fused-ring (bicyclic) bond motifs is 3. The highest BCUT2D eigenvalue weighted by molar-refractivity contribution is 5.89. The summed E-state index contributed by atoms with van der Waals surface area (Å²) in [6.45, 7) is 0. The van der Waals surface area contributed by atoms with Gasteiger partial charge in [-0.25, -0.2) is 0 Å². The predicted molar refractivity (Wildman–Crippen MR) is 205 cm³/mol. The molecule has 0 saturated heterocycles. The Morgan fingerprint density at radius 1 is 0.224 bits per heavy atom. The van der Waals surface area contributed by atoms with E-state index in [1.54, 1.807) is 0 Å². The van der Waals surface area contributed by atoms with Crippen molar-refractivity contribution in [1.82, 2.24) is 0 Å². The Morgan fingerprint density at radius 3 is 0.796 bits per heavy atom. The van der Waals surface area contributed by atoms with Crippen LogP contribution < -0.4 is 0 Å². The lowest BCUT2D eigenvalue weighted by Crippen LogP contribution is -2.29. The van der Waals surface area contributed by atoms with E-state index in [-0.39, 0.29) is 0 Å². The van der Waals surface area contributed by atoms with Crippen LogP contribution in [0.2, 0.25) is 0 Å². The summed E-state index contributed by atoms with van der Waals surface area (Å²) in [5.41, 5.74) is 16.8. The van der Waals surface area contributed by atoms with E-state index < -0.39 is 5.41 Å². The Hall–Kier alpha value is -6.24. The summed E-state index contributed by atoms with van der Waals surface area (Å²) in [5, 5.41) is 0. The maximum atomic E-state index is 2.44. The van der Waals surface area contributed by atoms with Gasteiger partial charge >= 0.3 is 0 Å². The molecule has 49 heavy (non-hydrogen) atoms. The first-order chi connectivity index (χ1) is 24.3. The molecular formula is C49H34. The first kappa shape index (κ1) is 28.9. The molecule has 0 radical (unpaired) electrons. The van der Waals surface area contributed by atoms with Gasteiger partial charge in [0.05, 0.1) is 5.41 Å². The van der Waals surface area contributed by atoms with Crippen molar-refractivity contribution < 1.29 is 0 Å². The van der Waals surface area contributed by atoms with Crippen LogP contribution in [0.25, 0.3) is 55.6 Å². The second kappa shape index (κ2) is 12.1. The number of benzene rings is 8. The maximum Gasteiger partial charge on any atom is 0.0714 e. The maximum absolute atomic E-state index is 2.44.